The van der Waals surface area contributed by atoms with Gasteiger partial charge in [0.2, 0.25) is 11.8 Å². The van der Waals surface area contributed by atoms with Crippen molar-refractivity contribution in [1.29, 1.82) is 0 Å². The van der Waals surface area contributed by atoms with Crippen molar-refractivity contribution < 1.29 is 27.1 Å². The number of rotatable bonds is 15. The minimum atomic E-state index is -4.20. The number of benzene rings is 3. The molecular weight excluding hydrogens is 557 g/mol. The Hall–Kier alpha value is -3.92. The van der Waals surface area contributed by atoms with E-state index in [1.807, 2.05) is 20.8 Å². The Morgan fingerprint density at radius 3 is 2.14 bits per heavy atom. The van der Waals surface area contributed by atoms with Gasteiger partial charge in [0.1, 0.15) is 24.2 Å². The van der Waals surface area contributed by atoms with Crippen LogP contribution in [-0.2, 0) is 26.2 Å². The maximum Gasteiger partial charge on any atom is 0.264 e. The van der Waals surface area contributed by atoms with E-state index in [0.717, 1.165) is 22.7 Å². The van der Waals surface area contributed by atoms with E-state index in [1.165, 1.54) is 29.2 Å². The Kier molecular flexibility index (Phi) is 11.9. The molecule has 1 atom stereocenters. The zero-order valence-electron chi connectivity index (χ0n) is 24.7. The number of anilines is 1. The van der Waals surface area contributed by atoms with Gasteiger partial charge < -0.3 is 15.0 Å². The molecule has 0 radical (unpaired) electrons. The SMILES string of the molecule is CCCCNC(=O)[C@H](CC)N(Cc1ccc(F)cc1)C(=O)CN(c1ccc(C)cc1)S(=O)(=O)c1ccc(OCC)cc1. The van der Waals surface area contributed by atoms with E-state index >= 15 is 0 Å². The molecule has 0 saturated heterocycles. The van der Waals surface area contributed by atoms with Crippen molar-refractivity contribution in [1.82, 2.24) is 10.2 Å². The highest BCUT2D eigenvalue weighted by atomic mass is 32.2. The summed E-state index contributed by atoms with van der Waals surface area (Å²) < 4.78 is 48.1. The molecule has 0 heterocycles. The Morgan fingerprint density at radius 2 is 1.57 bits per heavy atom. The quantitative estimate of drug-likeness (QED) is 0.235. The summed E-state index contributed by atoms with van der Waals surface area (Å²) in [6.07, 6.45) is 1.99. The van der Waals surface area contributed by atoms with Gasteiger partial charge in [-0.15, -0.1) is 0 Å². The smallest absolute Gasteiger partial charge is 0.264 e. The highest BCUT2D eigenvalue weighted by molar-refractivity contribution is 7.92. The molecule has 0 aliphatic rings. The lowest BCUT2D eigenvalue weighted by Gasteiger charge is -2.33. The number of carbonyl (C=O) groups is 2. The van der Waals surface area contributed by atoms with Crippen LogP contribution in [-0.4, -0.2) is 50.9 Å². The van der Waals surface area contributed by atoms with Gasteiger partial charge in [0.15, 0.2) is 0 Å². The average Bonchev–Trinajstić information content (AvgIpc) is 2.98. The maximum absolute atomic E-state index is 14.1. The summed E-state index contributed by atoms with van der Waals surface area (Å²) >= 11 is 0. The van der Waals surface area contributed by atoms with Gasteiger partial charge in [0.25, 0.3) is 10.0 Å². The molecule has 0 unspecified atom stereocenters. The molecule has 42 heavy (non-hydrogen) atoms. The van der Waals surface area contributed by atoms with Gasteiger partial charge in [-0.1, -0.05) is 50.1 Å². The number of halogens is 1. The Balaban J connectivity index is 2.02. The number of hydrogen-bond acceptors (Lipinski definition) is 5. The summed E-state index contributed by atoms with van der Waals surface area (Å²) in [4.78, 5) is 28.7. The molecule has 3 aromatic rings. The fraction of sp³-hybridized carbons (Fsp3) is 0.375. The molecule has 0 aromatic heterocycles. The number of sulfonamides is 1. The van der Waals surface area contributed by atoms with E-state index in [-0.39, 0.29) is 17.3 Å². The summed E-state index contributed by atoms with van der Waals surface area (Å²) in [6.45, 7) is 7.88. The van der Waals surface area contributed by atoms with E-state index in [0.29, 0.717) is 36.6 Å². The minimum Gasteiger partial charge on any atom is -0.494 e. The molecule has 3 aromatic carbocycles. The molecule has 3 rings (SSSR count). The predicted octanol–water partition coefficient (Wildman–Crippen LogP) is 5.45. The van der Waals surface area contributed by atoms with Crippen LogP contribution in [0.1, 0.15) is 51.2 Å². The standard InChI is InChI=1S/C32H40FN3O5S/c1-5-8-21-34-32(38)30(6-2)35(22-25-11-13-26(33)14-12-25)31(37)23-36(27-15-9-24(4)10-16-27)42(39,40)29-19-17-28(18-20-29)41-7-3/h9-20,30H,5-8,21-23H2,1-4H3,(H,34,38)/t30-/m0/s1. The van der Waals surface area contributed by atoms with Crippen LogP contribution >= 0.6 is 0 Å². The Labute approximate surface area is 248 Å². The second-order valence-electron chi connectivity index (χ2n) is 9.97. The van der Waals surface area contributed by atoms with Crippen LogP contribution in [0.2, 0.25) is 0 Å². The lowest BCUT2D eigenvalue weighted by atomic mass is 10.1. The van der Waals surface area contributed by atoms with Crippen LogP contribution in [0, 0.1) is 12.7 Å². The van der Waals surface area contributed by atoms with E-state index < -0.39 is 34.3 Å². The summed E-state index contributed by atoms with van der Waals surface area (Å²) in [5, 5.41) is 2.89. The van der Waals surface area contributed by atoms with E-state index in [9.17, 15) is 22.4 Å². The first-order valence-corrected chi connectivity index (χ1v) is 15.7. The Morgan fingerprint density at radius 1 is 0.929 bits per heavy atom. The Bertz CT molecular complexity index is 1410. The predicted molar refractivity (Wildman–Crippen MR) is 162 cm³/mol. The maximum atomic E-state index is 14.1. The first-order chi connectivity index (χ1) is 20.1. The van der Waals surface area contributed by atoms with Crippen LogP contribution in [0.5, 0.6) is 5.75 Å². The van der Waals surface area contributed by atoms with Gasteiger partial charge >= 0.3 is 0 Å². The lowest BCUT2D eigenvalue weighted by Crippen LogP contribution is -2.52. The molecule has 0 aliphatic carbocycles. The highest BCUT2D eigenvalue weighted by Crippen LogP contribution is 2.26. The molecule has 0 fully saturated rings. The number of nitrogens with one attached hydrogen (secondary N) is 1. The van der Waals surface area contributed by atoms with Crippen LogP contribution < -0.4 is 14.4 Å². The van der Waals surface area contributed by atoms with Crippen LogP contribution in [0.25, 0.3) is 0 Å². The molecule has 2 amide bonds. The largest absolute Gasteiger partial charge is 0.494 e. The van der Waals surface area contributed by atoms with Crippen molar-refractivity contribution in [3.63, 3.8) is 0 Å². The molecule has 10 heteroatoms. The molecule has 0 spiro atoms. The number of hydrogen-bond donors (Lipinski definition) is 1. The molecule has 0 aliphatic heterocycles. The highest BCUT2D eigenvalue weighted by Gasteiger charge is 2.33. The topological polar surface area (TPSA) is 96.0 Å². The van der Waals surface area contributed by atoms with Crippen LogP contribution in [0.4, 0.5) is 10.1 Å². The number of carbonyl (C=O) groups excluding carboxylic acids is 2. The van der Waals surface area contributed by atoms with Crippen molar-refractivity contribution in [2.45, 2.75) is 64.4 Å². The van der Waals surface area contributed by atoms with Gasteiger partial charge in [-0.25, -0.2) is 12.8 Å². The normalized spacial score (nSPS) is 11.9. The number of ether oxygens (including phenoxy) is 1. The number of unbranched alkanes of at least 4 members (excludes halogenated alkanes) is 1. The molecule has 0 bridgehead atoms. The van der Waals surface area contributed by atoms with Gasteiger partial charge in [0.05, 0.1) is 17.2 Å². The van der Waals surface area contributed by atoms with E-state index in [1.54, 1.807) is 55.5 Å². The lowest BCUT2D eigenvalue weighted by molar-refractivity contribution is -0.140. The summed E-state index contributed by atoms with van der Waals surface area (Å²) in [5.41, 5.74) is 1.85. The molecule has 0 saturated carbocycles. The zero-order valence-corrected chi connectivity index (χ0v) is 25.5. The minimum absolute atomic E-state index is 0.00363. The van der Waals surface area contributed by atoms with E-state index in [2.05, 4.69) is 5.32 Å². The first-order valence-electron chi connectivity index (χ1n) is 14.2. The molecular formula is C32H40FN3O5S. The van der Waals surface area contributed by atoms with Gasteiger partial charge in [0, 0.05) is 13.1 Å². The first kappa shape index (κ1) is 32.6. The van der Waals surface area contributed by atoms with Gasteiger partial charge in [-0.3, -0.25) is 13.9 Å². The second-order valence-corrected chi connectivity index (χ2v) is 11.8. The summed E-state index contributed by atoms with van der Waals surface area (Å²) in [7, 11) is -4.20. The second kappa shape index (κ2) is 15.3. The van der Waals surface area contributed by atoms with Crippen molar-refractivity contribution in [3.8, 4) is 5.75 Å². The van der Waals surface area contributed by atoms with Crippen LogP contribution in [0.15, 0.2) is 77.7 Å². The summed E-state index contributed by atoms with van der Waals surface area (Å²) in [6, 6.07) is 17.7. The third-order valence-corrected chi connectivity index (χ3v) is 8.59. The zero-order chi connectivity index (χ0) is 30.7. The van der Waals surface area contributed by atoms with Gasteiger partial charge in [-0.05, 0) is 80.8 Å². The summed E-state index contributed by atoms with van der Waals surface area (Å²) in [5.74, 6) is -0.780. The van der Waals surface area contributed by atoms with E-state index in [4.69, 9.17) is 4.74 Å². The fourth-order valence-corrected chi connectivity index (χ4v) is 5.87. The van der Waals surface area contributed by atoms with Crippen molar-refractivity contribution in [3.05, 3.63) is 89.7 Å². The molecule has 1 N–H and O–H groups in total. The fourth-order valence-electron chi connectivity index (χ4n) is 4.45. The average molecular weight is 598 g/mol. The number of amides is 2. The number of nitrogens with zero attached hydrogens (tertiary/aromatic N) is 2. The van der Waals surface area contributed by atoms with Crippen molar-refractivity contribution in [2.75, 3.05) is 24.0 Å². The van der Waals surface area contributed by atoms with Crippen molar-refractivity contribution >= 4 is 27.5 Å². The molecule has 8 nitrogen and oxygen atoms in total. The third kappa shape index (κ3) is 8.55. The van der Waals surface area contributed by atoms with Crippen LogP contribution in [0.3, 0.4) is 0 Å². The monoisotopic (exact) mass is 597 g/mol. The molecule has 226 valence electrons. The van der Waals surface area contributed by atoms with Gasteiger partial charge in [-0.2, -0.15) is 0 Å². The number of aryl methyl sites for hydroxylation is 1. The van der Waals surface area contributed by atoms with Crippen molar-refractivity contribution in [2.24, 2.45) is 0 Å². The third-order valence-electron chi connectivity index (χ3n) is 6.81.